The second-order valence-electron chi connectivity index (χ2n) is 3.68. The van der Waals surface area contributed by atoms with E-state index in [0.717, 1.165) is 0 Å². The van der Waals surface area contributed by atoms with E-state index in [-0.39, 0.29) is 21.2 Å². The Morgan fingerprint density at radius 3 is 2.21 bits per heavy atom. The molecule has 6 heteroatoms. The summed E-state index contributed by atoms with van der Waals surface area (Å²) in [6.45, 7) is 0. The predicted molar refractivity (Wildman–Crippen MR) is 66.2 cm³/mol. The molecule has 1 nitrogen and oxygen atoms in total. The summed E-state index contributed by atoms with van der Waals surface area (Å²) in [5, 5.41) is -0.548. The first-order chi connectivity index (χ1) is 8.91. The van der Waals surface area contributed by atoms with Crippen LogP contribution in [0.2, 0.25) is 10.0 Å². The molecule has 19 heavy (non-hydrogen) atoms. The van der Waals surface area contributed by atoms with Crippen LogP contribution in [0.1, 0.15) is 15.9 Å². The van der Waals surface area contributed by atoms with Gasteiger partial charge in [0.2, 0.25) is 0 Å². The third-order valence-corrected chi connectivity index (χ3v) is 3.06. The SMILES string of the molecule is O=C(c1cc(F)c(F)cc1Cl)c1cccc(Cl)c1F. The molecule has 0 aliphatic heterocycles. The number of hydrogen-bond donors (Lipinski definition) is 0. The zero-order valence-electron chi connectivity index (χ0n) is 9.18. The minimum absolute atomic E-state index is 0.246. The highest BCUT2D eigenvalue weighted by molar-refractivity contribution is 6.35. The molecule has 0 bridgehead atoms. The van der Waals surface area contributed by atoms with Gasteiger partial charge >= 0.3 is 0 Å². The minimum Gasteiger partial charge on any atom is -0.288 e. The summed E-state index contributed by atoms with van der Waals surface area (Å²) < 4.78 is 39.7. The third kappa shape index (κ3) is 2.60. The second kappa shape index (κ2) is 5.23. The summed E-state index contributed by atoms with van der Waals surface area (Å²) in [5.41, 5.74) is -0.692. The van der Waals surface area contributed by atoms with Gasteiger partial charge in [-0.2, -0.15) is 0 Å². The lowest BCUT2D eigenvalue weighted by Gasteiger charge is -2.06. The second-order valence-corrected chi connectivity index (χ2v) is 4.49. The Labute approximate surface area is 116 Å². The zero-order valence-corrected chi connectivity index (χ0v) is 10.7. The normalized spacial score (nSPS) is 10.6. The van der Waals surface area contributed by atoms with E-state index in [9.17, 15) is 18.0 Å². The van der Waals surface area contributed by atoms with Crippen molar-refractivity contribution in [1.29, 1.82) is 0 Å². The summed E-state index contributed by atoms with van der Waals surface area (Å²) in [6.07, 6.45) is 0. The van der Waals surface area contributed by atoms with Crippen molar-refractivity contribution in [3.8, 4) is 0 Å². The third-order valence-electron chi connectivity index (χ3n) is 2.45. The van der Waals surface area contributed by atoms with E-state index in [1.54, 1.807) is 0 Å². The van der Waals surface area contributed by atoms with Crippen molar-refractivity contribution in [2.75, 3.05) is 0 Å². The van der Waals surface area contributed by atoms with Gasteiger partial charge in [-0.05, 0) is 24.3 Å². The highest BCUT2D eigenvalue weighted by Crippen LogP contribution is 2.26. The number of benzene rings is 2. The number of carbonyl (C=O) groups excluding carboxylic acids is 1. The molecule has 0 N–H and O–H groups in total. The lowest BCUT2D eigenvalue weighted by molar-refractivity contribution is 0.103. The molecule has 0 unspecified atom stereocenters. The van der Waals surface area contributed by atoms with E-state index in [1.807, 2.05) is 0 Å². The first-order valence-corrected chi connectivity index (χ1v) is 5.80. The predicted octanol–water partition coefficient (Wildman–Crippen LogP) is 4.64. The van der Waals surface area contributed by atoms with E-state index < -0.39 is 23.2 Å². The molecule has 98 valence electrons. The Bertz CT molecular complexity index is 671. The molecule has 0 saturated heterocycles. The van der Waals surface area contributed by atoms with Crippen molar-refractivity contribution in [3.05, 3.63) is 69.0 Å². The molecule has 2 rings (SSSR count). The van der Waals surface area contributed by atoms with Crippen molar-refractivity contribution in [1.82, 2.24) is 0 Å². The van der Waals surface area contributed by atoms with Gasteiger partial charge in [0.25, 0.3) is 0 Å². The first kappa shape index (κ1) is 13.9. The Kier molecular flexibility index (Phi) is 3.83. The van der Waals surface area contributed by atoms with Crippen LogP contribution in [0, 0.1) is 17.5 Å². The first-order valence-electron chi connectivity index (χ1n) is 5.05. The van der Waals surface area contributed by atoms with Crippen LogP contribution >= 0.6 is 23.2 Å². The largest absolute Gasteiger partial charge is 0.288 e. The smallest absolute Gasteiger partial charge is 0.197 e. The lowest BCUT2D eigenvalue weighted by atomic mass is 10.0. The Hall–Kier alpha value is -1.52. The van der Waals surface area contributed by atoms with Crippen molar-refractivity contribution in [2.45, 2.75) is 0 Å². The van der Waals surface area contributed by atoms with Crippen LogP contribution in [0.3, 0.4) is 0 Å². The van der Waals surface area contributed by atoms with Crippen LogP contribution in [-0.2, 0) is 0 Å². The molecular weight excluding hydrogens is 300 g/mol. The van der Waals surface area contributed by atoms with E-state index in [1.165, 1.54) is 18.2 Å². The van der Waals surface area contributed by atoms with Gasteiger partial charge in [0.05, 0.1) is 15.6 Å². The van der Waals surface area contributed by atoms with E-state index >= 15 is 0 Å². The topological polar surface area (TPSA) is 17.1 Å². The molecule has 2 aromatic carbocycles. The van der Waals surface area contributed by atoms with Gasteiger partial charge in [0.1, 0.15) is 0 Å². The molecule has 0 atom stereocenters. The fraction of sp³-hybridized carbons (Fsp3) is 0. The van der Waals surface area contributed by atoms with Gasteiger partial charge in [-0.3, -0.25) is 4.79 Å². The molecule has 2 aromatic rings. The van der Waals surface area contributed by atoms with Gasteiger partial charge in [-0.25, -0.2) is 13.2 Å². The van der Waals surface area contributed by atoms with E-state index in [0.29, 0.717) is 12.1 Å². The maximum Gasteiger partial charge on any atom is 0.197 e. The number of rotatable bonds is 2. The van der Waals surface area contributed by atoms with Crippen LogP contribution < -0.4 is 0 Å². The Balaban J connectivity index is 2.56. The average Bonchev–Trinajstić information content (AvgIpc) is 2.36. The molecule has 0 amide bonds. The van der Waals surface area contributed by atoms with Crippen LogP contribution in [0.25, 0.3) is 0 Å². The Morgan fingerprint density at radius 1 is 0.895 bits per heavy atom. The number of carbonyl (C=O) groups is 1. The molecule has 0 saturated carbocycles. The molecule has 0 aliphatic rings. The fourth-order valence-electron chi connectivity index (χ4n) is 1.52. The van der Waals surface area contributed by atoms with Crippen LogP contribution in [0.15, 0.2) is 30.3 Å². The van der Waals surface area contributed by atoms with E-state index in [4.69, 9.17) is 23.2 Å². The molecular formula is C13H5Cl2F3O. The molecule has 0 aliphatic carbocycles. The van der Waals surface area contributed by atoms with Gasteiger partial charge in [-0.15, -0.1) is 0 Å². The Morgan fingerprint density at radius 2 is 1.53 bits per heavy atom. The lowest BCUT2D eigenvalue weighted by Crippen LogP contribution is -2.06. The molecule has 0 radical (unpaired) electrons. The highest BCUT2D eigenvalue weighted by Gasteiger charge is 2.20. The summed E-state index contributed by atoms with van der Waals surface area (Å²) in [7, 11) is 0. The van der Waals surface area contributed by atoms with Crippen molar-refractivity contribution in [2.24, 2.45) is 0 Å². The monoisotopic (exact) mass is 304 g/mol. The van der Waals surface area contributed by atoms with E-state index in [2.05, 4.69) is 0 Å². The van der Waals surface area contributed by atoms with Crippen molar-refractivity contribution >= 4 is 29.0 Å². The number of ketones is 1. The maximum atomic E-state index is 13.7. The highest BCUT2D eigenvalue weighted by atomic mass is 35.5. The standard InChI is InChI=1S/C13H5Cl2F3O/c14-8-3-1-2-6(12(8)18)13(19)7-4-10(16)11(17)5-9(7)15/h1-5H. The average molecular weight is 305 g/mol. The van der Waals surface area contributed by atoms with Crippen LogP contribution in [0.4, 0.5) is 13.2 Å². The van der Waals surface area contributed by atoms with Gasteiger partial charge < -0.3 is 0 Å². The summed E-state index contributed by atoms with van der Waals surface area (Å²) in [4.78, 5) is 12.0. The minimum atomic E-state index is -1.24. The van der Waals surface area contributed by atoms with Gasteiger partial charge in [0.15, 0.2) is 23.2 Å². The van der Waals surface area contributed by atoms with Crippen LogP contribution in [-0.4, -0.2) is 5.78 Å². The number of hydrogen-bond acceptors (Lipinski definition) is 1. The maximum absolute atomic E-state index is 13.7. The van der Waals surface area contributed by atoms with Crippen LogP contribution in [0.5, 0.6) is 0 Å². The zero-order chi connectivity index (χ0) is 14.2. The van der Waals surface area contributed by atoms with Gasteiger partial charge in [-0.1, -0.05) is 29.3 Å². The van der Waals surface area contributed by atoms with Gasteiger partial charge in [0, 0.05) is 5.56 Å². The fourth-order valence-corrected chi connectivity index (χ4v) is 1.93. The molecule has 0 heterocycles. The van der Waals surface area contributed by atoms with Crippen molar-refractivity contribution < 1.29 is 18.0 Å². The number of halogens is 5. The molecule has 0 spiro atoms. The van der Waals surface area contributed by atoms with Crippen molar-refractivity contribution in [3.63, 3.8) is 0 Å². The molecule has 0 aromatic heterocycles. The summed E-state index contributed by atoms with van der Waals surface area (Å²) in [6, 6.07) is 5.10. The quantitative estimate of drug-likeness (QED) is 0.583. The summed E-state index contributed by atoms with van der Waals surface area (Å²) in [5.74, 6) is -4.23. The molecule has 0 fully saturated rings. The summed E-state index contributed by atoms with van der Waals surface area (Å²) >= 11 is 11.2.